The van der Waals surface area contributed by atoms with Gasteiger partial charge in [0.2, 0.25) is 0 Å². The van der Waals surface area contributed by atoms with Crippen LogP contribution in [-0.2, 0) is 24.3 Å². The molecule has 142 valence electrons. The molecular formula is C17H23N3O5S. The Morgan fingerprint density at radius 3 is 2.73 bits per heavy atom. The minimum Gasteiger partial charge on any atom is -0.454 e. The second-order valence-corrected chi connectivity index (χ2v) is 7.57. The van der Waals surface area contributed by atoms with Gasteiger partial charge in [0.15, 0.2) is 6.61 Å². The van der Waals surface area contributed by atoms with Gasteiger partial charge in [0.25, 0.3) is 15.9 Å². The van der Waals surface area contributed by atoms with E-state index in [0.717, 1.165) is 19.3 Å². The van der Waals surface area contributed by atoms with E-state index in [2.05, 4.69) is 22.0 Å². The Morgan fingerprint density at radius 2 is 2.00 bits per heavy atom. The molecule has 1 aliphatic heterocycles. The number of nitrogens with zero attached hydrogens (tertiary/aromatic N) is 1. The Hall–Kier alpha value is -2.42. The average molecular weight is 381 g/mol. The predicted octanol–water partition coefficient (Wildman–Crippen LogP) is 0.963. The van der Waals surface area contributed by atoms with E-state index in [1.807, 2.05) is 0 Å². The van der Waals surface area contributed by atoms with E-state index in [1.54, 1.807) is 18.2 Å². The fourth-order valence-corrected chi connectivity index (χ4v) is 3.63. The summed E-state index contributed by atoms with van der Waals surface area (Å²) in [6.07, 6.45) is 2.95. The summed E-state index contributed by atoms with van der Waals surface area (Å²) in [5.74, 6) is -0.986. The van der Waals surface area contributed by atoms with Gasteiger partial charge in [-0.1, -0.05) is 31.9 Å². The van der Waals surface area contributed by atoms with E-state index < -0.39 is 22.0 Å². The highest BCUT2D eigenvalue weighted by atomic mass is 32.2. The SMILES string of the molecule is CCCCCNC(=O)COC(=O)[C@H](C)N=C1NS(=O)(=O)c2ccccc21. The normalized spacial score (nSPS) is 17.2. The number of amidine groups is 1. The summed E-state index contributed by atoms with van der Waals surface area (Å²) in [5, 5.41) is 2.67. The zero-order valence-electron chi connectivity index (χ0n) is 14.8. The Morgan fingerprint density at radius 1 is 1.27 bits per heavy atom. The molecule has 2 rings (SSSR count). The van der Waals surface area contributed by atoms with E-state index >= 15 is 0 Å². The molecule has 0 saturated carbocycles. The number of benzene rings is 1. The summed E-state index contributed by atoms with van der Waals surface area (Å²) in [6, 6.07) is 5.41. The van der Waals surface area contributed by atoms with Gasteiger partial charge >= 0.3 is 5.97 Å². The van der Waals surface area contributed by atoms with Crippen molar-refractivity contribution in [3.05, 3.63) is 29.8 Å². The molecule has 26 heavy (non-hydrogen) atoms. The van der Waals surface area contributed by atoms with Crippen LogP contribution in [0.4, 0.5) is 0 Å². The molecule has 1 aromatic carbocycles. The van der Waals surface area contributed by atoms with Gasteiger partial charge in [0.05, 0.1) is 4.90 Å². The van der Waals surface area contributed by atoms with Crippen molar-refractivity contribution in [2.75, 3.05) is 13.2 Å². The molecule has 0 aromatic heterocycles. The summed E-state index contributed by atoms with van der Waals surface area (Å²) in [7, 11) is -3.66. The van der Waals surface area contributed by atoms with Crippen LogP contribution in [0.3, 0.4) is 0 Å². The first kappa shape index (κ1) is 19.9. The first-order valence-electron chi connectivity index (χ1n) is 8.48. The predicted molar refractivity (Wildman–Crippen MR) is 96.3 cm³/mol. The van der Waals surface area contributed by atoms with Crippen molar-refractivity contribution in [1.29, 1.82) is 0 Å². The minimum atomic E-state index is -3.66. The van der Waals surface area contributed by atoms with Crippen LogP contribution in [0.15, 0.2) is 34.2 Å². The average Bonchev–Trinajstić information content (AvgIpc) is 2.87. The molecule has 0 saturated heterocycles. The van der Waals surface area contributed by atoms with Crippen LogP contribution < -0.4 is 10.0 Å². The molecule has 1 amide bonds. The van der Waals surface area contributed by atoms with Crippen molar-refractivity contribution in [2.24, 2.45) is 4.99 Å². The number of hydrogen-bond donors (Lipinski definition) is 2. The Kier molecular flexibility index (Phi) is 6.73. The number of ether oxygens (including phenoxy) is 1. The quantitative estimate of drug-likeness (QED) is 0.514. The largest absolute Gasteiger partial charge is 0.454 e. The molecule has 0 bridgehead atoms. The third-order valence-electron chi connectivity index (χ3n) is 3.77. The van der Waals surface area contributed by atoms with Gasteiger partial charge < -0.3 is 10.1 Å². The number of carbonyl (C=O) groups excluding carboxylic acids is 2. The van der Waals surface area contributed by atoms with Crippen molar-refractivity contribution in [2.45, 2.75) is 44.0 Å². The zero-order chi connectivity index (χ0) is 19.2. The van der Waals surface area contributed by atoms with E-state index in [-0.39, 0.29) is 23.2 Å². The molecular weight excluding hydrogens is 358 g/mol. The number of hydrogen-bond acceptors (Lipinski definition) is 6. The van der Waals surface area contributed by atoms with Crippen molar-refractivity contribution in [3.63, 3.8) is 0 Å². The van der Waals surface area contributed by atoms with Crippen molar-refractivity contribution < 1.29 is 22.7 Å². The molecule has 8 nitrogen and oxygen atoms in total. The number of esters is 1. The summed E-state index contributed by atoms with van der Waals surface area (Å²) < 4.78 is 31.3. The number of fused-ring (bicyclic) bond motifs is 1. The van der Waals surface area contributed by atoms with E-state index in [9.17, 15) is 18.0 Å². The van der Waals surface area contributed by atoms with Crippen LogP contribution in [0, 0.1) is 0 Å². The number of unbranched alkanes of at least 4 members (excludes halogenated alkanes) is 2. The molecule has 0 spiro atoms. The van der Waals surface area contributed by atoms with Crippen LogP contribution in [-0.4, -0.2) is 45.3 Å². The summed E-state index contributed by atoms with van der Waals surface area (Å²) >= 11 is 0. The molecule has 1 aliphatic rings. The van der Waals surface area contributed by atoms with Gasteiger partial charge in [-0.25, -0.2) is 13.2 Å². The molecule has 1 heterocycles. The smallest absolute Gasteiger partial charge is 0.331 e. The topological polar surface area (TPSA) is 114 Å². The maximum absolute atomic E-state index is 12.0. The zero-order valence-corrected chi connectivity index (χ0v) is 15.6. The summed E-state index contributed by atoms with van der Waals surface area (Å²) in [6.45, 7) is 3.70. The number of carbonyl (C=O) groups is 2. The fraction of sp³-hybridized carbons (Fsp3) is 0.471. The summed E-state index contributed by atoms with van der Waals surface area (Å²) in [5.41, 5.74) is 0.404. The maximum Gasteiger partial charge on any atom is 0.331 e. The number of rotatable bonds is 8. The Labute approximate surface area is 153 Å². The molecule has 0 unspecified atom stereocenters. The van der Waals surface area contributed by atoms with Crippen molar-refractivity contribution >= 4 is 27.7 Å². The van der Waals surface area contributed by atoms with Crippen LogP contribution >= 0.6 is 0 Å². The van der Waals surface area contributed by atoms with E-state index in [1.165, 1.54) is 13.0 Å². The molecule has 2 N–H and O–H groups in total. The lowest BCUT2D eigenvalue weighted by Gasteiger charge is -2.09. The molecule has 0 fully saturated rings. The number of amides is 1. The monoisotopic (exact) mass is 381 g/mol. The highest BCUT2D eigenvalue weighted by Gasteiger charge is 2.31. The van der Waals surface area contributed by atoms with Crippen LogP contribution in [0.1, 0.15) is 38.7 Å². The van der Waals surface area contributed by atoms with Crippen molar-refractivity contribution in [1.82, 2.24) is 10.0 Å². The first-order chi connectivity index (χ1) is 12.3. The second kappa shape index (κ2) is 8.79. The van der Waals surface area contributed by atoms with Gasteiger partial charge in [-0.3, -0.25) is 14.5 Å². The first-order valence-corrected chi connectivity index (χ1v) is 9.97. The molecule has 1 atom stereocenters. The molecule has 0 aliphatic carbocycles. The van der Waals surface area contributed by atoms with Gasteiger partial charge in [0, 0.05) is 12.1 Å². The lowest BCUT2D eigenvalue weighted by atomic mass is 10.2. The maximum atomic E-state index is 12.0. The highest BCUT2D eigenvalue weighted by molar-refractivity contribution is 7.90. The second-order valence-electron chi connectivity index (χ2n) is 5.92. The standard InChI is InChI=1S/C17H23N3O5S/c1-3-4-7-10-18-15(21)11-25-17(22)12(2)19-16-13-8-5-6-9-14(13)26(23,24)20-16/h5-6,8-9,12H,3-4,7,10-11H2,1-2H3,(H,18,21)(H,19,20)/t12-/m0/s1. The van der Waals surface area contributed by atoms with Crippen LogP contribution in [0.2, 0.25) is 0 Å². The molecule has 1 aromatic rings. The third kappa shape index (κ3) is 5.04. The lowest BCUT2D eigenvalue weighted by molar-refractivity contribution is -0.149. The molecule has 9 heteroatoms. The summed E-state index contributed by atoms with van der Waals surface area (Å²) in [4.78, 5) is 27.8. The van der Waals surface area contributed by atoms with Crippen LogP contribution in [0.5, 0.6) is 0 Å². The number of sulfonamides is 1. The van der Waals surface area contributed by atoms with E-state index in [4.69, 9.17) is 4.74 Å². The minimum absolute atomic E-state index is 0.0917. The molecule has 0 radical (unpaired) electrons. The fourth-order valence-electron chi connectivity index (χ4n) is 2.39. The number of nitrogens with one attached hydrogen (secondary N) is 2. The van der Waals surface area contributed by atoms with E-state index in [0.29, 0.717) is 12.1 Å². The Bertz CT molecular complexity index is 804. The van der Waals surface area contributed by atoms with Gasteiger partial charge in [-0.05, 0) is 25.5 Å². The Balaban J connectivity index is 1.91. The van der Waals surface area contributed by atoms with Gasteiger partial charge in [0.1, 0.15) is 11.9 Å². The highest BCUT2D eigenvalue weighted by Crippen LogP contribution is 2.22. The van der Waals surface area contributed by atoms with Gasteiger partial charge in [-0.15, -0.1) is 0 Å². The van der Waals surface area contributed by atoms with Crippen LogP contribution in [0.25, 0.3) is 0 Å². The number of aliphatic imine (C=N–C) groups is 1. The lowest BCUT2D eigenvalue weighted by Crippen LogP contribution is -2.32. The third-order valence-corrected chi connectivity index (χ3v) is 5.17. The van der Waals surface area contributed by atoms with Crippen molar-refractivity contribution in [3.8, 4) is 0 Å². The van der Waals surface area contributed by atoms with Gasteiger partial charge in [-0.2, -0.15) is 0 Å².